The Morgan fingerprint density at radius 1 is 1.12 bits per heavy atom. The van der Waals surface area contributed by atoms with Crippen LogP contribution in [0.1, 0.15) is 44.5 Å². The van der Waals surface area contributed by atoms with Gasteiger partial charge in [0.1, 0.15) is 5.00 Å². The van der Waals surface area contributed by atoms with E-state index in [2.05, 4.69) is 5.32 Å². The molecule has 0 spiro atoms. The third kappa shape index (κ3) is 4.82. The van der Waals surface area contributed by atoms with Crippen LogP contribution in [0.5, 0.6) is 0 Å². The molecule has 170 valence electrons. The largest absolute Gasteiger partial charge is 0.462 e. The normalized spacial score (nSPS) is 16.0. The Bertz CT molecular complexity index is 1030. The van der Waals surface area contributed by atoms with E-state index >= 15 is 0 Å². The first-order chi connectivity index (χ1) is 15.5. The number of aryl methyl sites for hydroxylation is 1. The number of ether oxygens (including phenoxy) is 1. The summed E-state index contributed by atoms with van der Waals surface area (Å²) in [5.41, 5.74) is 2.04. The molecule has 2 heterocycles. The van der Waals surface area contributed by atoms with Gasteiger partial charge in [0.15, 0.2) is 0 Å². The molecule has 2 aromatic rings. The second-order valence-corrected chi connectivity index (χ2v) is 9.39. The van der Waals surface area contributed by atoms with Gasteiger partial charge in [0, 0.05) is 31.1 Å². The lowest BCUT2D eigenvalue weighted by atomic mass is 10.1. The van der Waals surface area contributed by atoms with Crippen LogP contribution in [0.2, 0.25) is 5.02 Å². The van der Waals surface area contributed by atoms with Gasteiger partial charge < -0.3 is 15.0 Å². The van der Waals surface area contributed by atoms with Gasteiger partial charge in [-0.05, 0) is 43.9 Å². The molecule has 4 rings (SSSR count). The minimum absolute atomic E-state index is 0.0909. The first-order valence-electron chi connectivity index (χ1n) is 10.9. The number of nitrogens with zero attached hydrogens (tertiary/aromatic N) is 2. The number of hydrogen-bond acceptors (Lipinski definition) is 6. The molecule has 1 aliphatic carbocycles. The van der Waals surface area contributed by atoms with Crippen molar-refractivity contribution in [2.24, 2.45) is 0 Å². The van der Waals surface area contributed by atoms with Crippen molar-refractivity contribution in [1.29, 1.82) is 0 Å². The highest BCUT2D eigenvalue weighted by Gasteiger charge is 2.29. The lowest BCUT2D eigenvalue weighted by molar-refractivity contribution is -0.117. The zero-order valence-electron chi connectivity index (χ0n) is 18.0. The molecule has 0 bridgehead atoms. The van der Waals surface area contributed by atoms with Crippen LogP contribution in [-0.4, -0.2) is 66.9 Å². The van der Waals surface area contributed by atoms with E-state index in [0.717, 1.165) is 29.7 Å². The molecule has 0 atom stereocenters. The van der Waals surface area contributed by atoms with Crippen LogP contribution in [0.25, 0.3) is 0 Å². The van der Waals surface area contributed by atoms with Crippen molar-refractivity contribution in [3.05, 3.63) is 50.9 Å². The number of rotatable bonds is 6. The second-order valence-electron chi connectivity index (χ2n) is 7.88. The lowest BCUT2D eigenvalue weighted by Crippen LogP contribution is -2.50. The number of carbonyl (C=O) groups excluding carboxylic acids is 3. The number of amides is 2. The van der Waals surface area contributed by atoms with Gasteiger partial charge in [-0.1, -0.05) is 23.7 Å². The number of esters is 1. The summed E-state index contributed by atoms with van der Waals surface area (Å²) in [5.74, 6) is -0.623. The number of hydrogen-bond donors (Lipinski definition) is 1. The molecule has 0 unspecified atom stereocenters. The van der Waals surface area contributed by atoms with E-state index in [0.29, 0.717) is 53.9 Å². The van der Waals surface area contributed by atoms with E-state index in [9.17, 15) is 14.4 Å². The topological polar surface area (TPSA) is 79.0 Å². The van der Waals surface area contributed by atoms with Crippen molar-refractivity contribution < 1.29 is 19.1 Å². The van der Waals surface area contributed by atoms with E-state index in [-0.39, 0.29) is 24.3 Å². The molecule has 1 aromatic heterocycles. The fraction of sp³-hybridized carbons (Fsp3) is 0.435. The van der Waals surface area contributed by atoms with Gasteiger partial charge >= 0.3 is 5.97 Å². The fourth-order valence-corrected chi connectivity index (χ4v) is 5.70. The highest BCUT2D eigenvalue weighted by molar-refractivity contribution is 7.17. The first-order valence-corrected chi connectivity index (χ1v) is 12.0. The summed E-state index contributed by atoms with van der Waals surface area (Å²) in [6, 6.07) is 7.03. The van der Waals surface area contributed by atoms with Crippen LogP contribution < -0.4 is 5.32 Å². The van der Waals surface area contributed by atoms with Gasteiger partial charge in [0.2, 0.25) is 5.91 Å². The Labute approximate surface area is 196 Å². The molecule has 1 fully saturated rings. The zero-order chi connectivity index (χ0) is 22.7. The summed E-state index contributed by atoms with van der Waals surface area (Å²) in [7, 11) is 0. The number of thiophene rings is 1. The van der Waals surface area contributed by atoms with Crippen molar-refractivity contribution in [1.82, 2.24) is 9.80 Å². The van der Waals surface area contributed by atoms with Gasteiger partial charge in [-0.2, -0.15) is 0 Å². The number of halogens is 1. The Kier molecular flexibility index (Phi) is 7.13. The molecule has 0 saturated carbocycles. The Hall–Kier alpha value is -2.42. The Balaban J connectivity index is 1.34. The number of fused-ring (bicyclic) bond motifs is 1. The van der Waals surface area contributed by atoms with E-state index in [1.165, 1.54) is 11.3 Å². The predicted molar refractivity (Wildman–Crippen MR) is 125 cm³/mol. The van der Waals surface area contributed by atoms with E-state index < -0.39 is 0 Å². The van der Waals surface area contributed by atoms with Crippen LogP contribution in [0.3, 0.4) is 0 Å². The lowest BCUT2D eigenvalue weighted by Gasteiger charge is -2.34. The molecule has 0 radical (unpaired) electrons. The van der Waals surface area contributed by atoms with E-state index in [4.69, 9.17) is 16.3 Å². The Morgan fingerprint density at radius 2 is 1.88 bits per heavy atom. The molecule has 2 aliphatic rings. The third-order valence-electron chi connectivity index (χ3n) is 5.78. The van der Waals surface area contributed by atoms with Crippen LogP contribution >= 0.6 is 22.9 Å². The van der Waals surface area contributed by atoms with Crippen LogP contribution in [-0.2, 0) is 22.4 Å². The molecule has 1 aliphatic heterocycles. The van der Waals surface area contributed by atoms with Gasteiger partial charge in [-0.3, -0.25) is 14.5 Å². The van der Waals surface area contributed by atoms with E-state index in [1.54, 1.807) is 36.1 Å². The van der Waals surface area contributed by atoms with Crippen LogP contribution in [0.15, 0.2) is 24.3 Å². The van der Waals surface area contributed by atoms with Crippen LogP contribution in [0, 0.1) is 0 Å². The fourth-order valence-electron chi connectivity index (χ4n) is 4.19. The number of piperazine rings is 1. The quantitative estimate of drug-likeness (QED) is 0.647. The minimum atomic E-state index is -0.367. The zero-order valence-corrected chi connectivity index (χ0v) is 19.6. The molecule has 7 nitrogen and oxygen atoms in total. The smallest absolute Gasteiger partial charge is 0.341 e. The number of benzene rings is 1. The van der Waals surface area contributed by atoms with Crippen molar-refractivity contribution in [3.8, 4) is 0 Å². The molecular formula is C23H26ClN3O4S. The molecule has 1 saturated heterocycles. The Morgan fingerprint density at radius 3 is 2.59 bits per heavy atom. The van der Waals surface area contributed by atoms with Crippen molar-refractivity contribution in [3.63, 3.8) is 0 Å². The van der Waals surface area contributed by atoms with Gasteiger partial charge in [0.25, 0.3) is 5.91 Å². The molecule has 1 aromatic carbocycles. The SMILES string of the molecule is CCOC(=O)c1c(NC(=O)CN2CCN(C(=O)c3ccccc3Cl)CC2)sc2c1CCC2. The average molecular weight is 476 g/mol. The average Bonchev–Trinajstić information content (AvgIpc) is 3.35. The van der Waals surface area contributed by atoms with Gasteiger partial charge in [-0.15, -0.1) is 11.3 Å². The monoisotopic (exact) mass is 475 g/mol. The molecule has 9 heteroatoms. The highest BCUT2D eigenvalue weighted by atomic mass is 35.5. The van der Waals surface area contributed by atoms with Crippen LogP contribution in [0.4, 0.5) is 5.00 Å². The third-order valence-corrected chi connectivity index (χ3v) is 7.32. The summed E-state index contributed by atoms with van der Waals surface area (Å²) < 4.78 is 5.22. The number of anilines is 1. The summed E-state index contributed by atoms with van der Waals surface area (Å²) in [6.45, 7) is 4.52. The standard InChI is InChI=1S/C23H26ClN3O4S/c1-2-31-23(30)20-16-7-5-9-18(16)32-21(20)25-19(28)14-26-10-12-27(13-11-26)22(29)15-6-3-4-8-17(15)24/h3-4,6,8H,2,5,7,9-14H2,1H3,(H,25,28). The number of nitrogens with one attached hydrogen (secondary N) is 1. The maximum Gasteiger partial charge on any atom is 0.341 e. The maximum absolute atomic E-state index is 12.7. The maximum atomic E-state index is 12.7. The molecule has 1 N–H and O–H groups in total. The second kappa shape index (κ2) is 10.0. The first kappa shape index (κ1) is 22.8. The van der Waals surface area contributed by atoms with Gasteiger partial charge in [-0.25, -0.2) is 4.79 Å². The molecular weight excluding hydrogens is 450 g/mol. The summed E-state index contributed by atoms with van der Waals surface area (Å²) >= 11 is 7.63. The van der Waals surface area contributed by atoms with Crippen molar-refractivity contribution >= 4 is 45.7 Å². The predicted octanol–water partition coefficient (Wildman–Crippen LogP) is 3.46. The van der Waals surface area contributed by atoms with Gasteiger partial charge in [0.05, 0.1) is 29.3 Å². The van der Waals surface area contributed by atoms with E-state index in [1.807, 2.05) is 4.90 Å². The minimum Gasteiger partial charge on any atom is -0.462 e. The molecule has 32 heavy (non-hydrogen) atoms. The highest BCUT2D eigenvalue weighted by Crippen LogP contribution is 2.39. The summed E-state index contributed by atoms with van der Waals surface area (Å²) in [4.78, 5) is 42.9. The van der Waals surface area contributed by atoms with Crippen molar-refractivity contribution in [2.45, 2.75) is 26.2 Å². The summed E-state index contributed by atoms with van der Waals surface area (Å²) in [5, 5.41) is 3.97. The summed E-state index contributed by atoms with van der Waals surface area (Å²) in [6.07, 6.45) is 2.81. The molecule has 2 amide bonds. The number of carbonyl (C=O) groups is 3. The van der Waals surface area contributed by atoms with Crippen molar-refractivity contribution in [2.75, 3.05) is 44.6 Å².